The molecule has 0 amide bonds. The number of methoxy groups -OCH3 is 2. The predicted molar refractivity (Wildman–Crippen MR) is 61.6 cm³/mol. The summed E-state index contributed by atoms with van der Waals surface area (Å²) in [6.07, 6.45) is -1.28. The molecule has 1 aliphatic rings. The fourth-order valence-electron chi connectivity index (χ4n) is 2.04. The summed E-state index contributed by atoms with van der Waals surface area (Å²) in [6.45, 7) is 1.69. The Bertz CT molecular complexity index is 496. The Labute approximate surface area is 104 Å². The van der Waals surface area contributed by atoms with Crippen LogP contribution in [0.15, 0.2) is 6.07 Å². The molecule has 0 fully saturated rings. The minimum Gasteiger partial charge on any atom is -0.496 e. The van der Waals surface area contributed by atoms with Gasteiger partial charge in [0.15, 0.2) is 11.5 Å². The summed E-state index contributed by atoms with van der Waals surface area (Å²) < 4.78 is 15.6. The van der Waals surface area contributed by atoms with E-state index in [9.17, 15) is 15.0 Å². The number of benzene rings is 1. The van der Waals surface area contributed by atoms with E-state index in [0.717, 1.165) is 0 Å². The molecule has 18 heavy (non-hydrogen) atoms. The first-order chi connectivity index (χ1) is 8.51. The maximum atomic E-state index is 11.2. The topological polar surface area (TPSA) is 85.2 Å². The number of hydrogen-bond acceptors (Lipinski definition) is 5. The second kappa shape index (κ2) is 4.38. The van der Waals surface area contributed by atoms with Crippen molar-refractivity contribution in [2.45, 2.75) is 19.1 Å². The van der Waals surface area contributed by atoms with Gasteiger partial charge in [-0.1, -0.05) is 0 Å². The van der Waals surface area contributed by atoms with Gasteiger partial charge in [0.05, 0.1) is 14.2 Å². The maximum absolute atomic E-state index is 11.2. The summed E-state index contributed by atoms with van der Waals surface area (Å²) in [6, 6.07) is 1.47. The molecule has 1 aromatic rings. The first kappa shape index (κ1) is 12.5. The summed E-state index contributed by atoms with van der Waals surface area (Å²) in [5.74, 6) is -0.713. The molecule has 1 heterocycles. The summed E-state index contributed by atoms with van der Waals surface area (Å²) in [7, 11) is 2.71. The van der Waals surface area contributed by atoms with Gasteiger partial charge in [-0.2, -0.15) is 0 Å². The van der Waals surface area contributed by atoms with Crippen molar-refractivity contribution in [3.05, 3.63) is 17.2 Å². The van der Waals surface area contributed by atoms with Crippen LogP contribution in [0.4, 0.5) is 0 Å². The molecule has 0 aromatic heterocycles. The summed E-state index contributed by atoms with van der Waals surface area (Å²) in [5, 5.41) is 19.1. The first-order valence-electron chi connectivity index (χ1n) is 5.38. The minimum absolute atomic E-state index is 0.0697. The van der Waals surface area contributed by atoms with Crippen LogP contribution in [0.1, 0.15) is 28.9 Å². The van der Waals surface area contributed by atoms with Gasteiger partial charge < -0.3 is 24.4 Å². The molecule has 1 aromatic carbocycles. The highest BCUT2D eigenvalue weighted by Gasteiger charge is 2.36. The number of carboxylic acid groups (broad SMARTS) is 1. The number of hydrogen-bond donors (Lipinski definition) is 2. The Hall–Kier alpha value is -1.95. The number of aliphatic hydroxyl groups excluding tert-OH is 1. The number of ether oxygens (including phenoxy) is 3. The van der Waals surface area contributed by atoms with Crippen LogP contribution in [0, 0.1) is 0 Å². The van der Waals surface area contributed by atoms with Crippen LogP contribution in [-0.2, 0) is 0 Å². The Morgan fingerprint density at radius 2 is 2.06 bits per heavy atom. The zero-order valence-corrected chi connectivity index (χ0v) is 10.3. The molecule has 0 bridgehead atoms. The van der Waals surface area contributed by atoms with Gasteiger partial charge in [0.1, 0.15) is 23.5 Å². The fourth-order valence-corrected chi connectivity index (χ4v) is 2.04. The molecular formula is C12H14O6. The van der Waals surface area contributed by atoms with Gasteiger partial charge >= 0.3 is 5.97 Å². The van der Waals surface area contributed by atoms with Crippen LogP contribution < -0.4 is 14.2 Å². The van der Waals surface area contributed by atoms with E-state index in [0.29, 0.717) is 5.56 Å². The third-order valence-electron chi connectivity index (χ3n) is 2.93. The fraction of sp³-hybridized carbons (Fsp3) is 0.417. The number of aliphatic hydroxyl groups is 1. The highest BCUT2D eigenvalue weighted by atomic mass is 16.5. The number of aromatic carboxylic acids is 1. The van der Waals surface area contributed by atoms with Crippen molar-refractivity contribution in [3.8, 4) is 17.2 Å². The SMILES string of the molecule is COc1cc2c(c(OC)c1C(=O)O)O[C@H](C)[C@H]2O. The average molecular weight is 254 g/mol. The quantitative estimate of drug-likeness (QED) is 0.843. The van der Waals surface area contributed by atoms with E-state index in [1.807, 2.05) is 0 Å². The molecule has 6 nitrogen and oxygen atoms in total. The molecule has 0 saturated carbocycles. The number of fused-ring (bicyclic) bond motifs is 1. The molecular weight excluding hydrogens is 240 g/mol. The van der Waals surface area contributed by atoms with E-state index < -0.39 is 18.2 Å². The lowest BCUT2D eigenvalue weighted by Gasteiger charge is -2.13. The summed E-state index contributed by atoms with van der Waals surface area (Å²) >= 11 is 0. The van der Waals surface area contributed by atoms with Gasteiger partial charge in [-0.05, 0) is 13.0 Å². The van der Waals surface area contributed by atoms with E-state index in [1.165, 1.54) is 20.3 Å². The van der Waals surface area contributed by atoms with Crippen LogP contribution in [-0.4, -0.2) is 36.5 Å². The van der Waals surface area contributed by atoms with Crippen molar-refractivity contribution in [1.29, 1.82) is 0 Å². The normalized spacial score (nSPS) is 21.1. The largest absolute Gasteiger partial charge is 0.496 e. The highest BCUT2D eigenvalue weighted by molar-refractivity contribution is 5.96. The Kier molecular flexibility index (Phi) is 3.04. The van der Waals surface area contributed by atoms with E-state index in [1.54, 1.807) is 6.92 Å². The van der Waals surface area contributed by atoms with Crippen LogP contribution in [0.3, 0.4) is 0 Å². The lowest BCUT2D eigenvalue weighted by atomic mass is 10.0. The van der Waals surface area contributed by atoms with Crippen LogP contribution in [0.2, 0.25) is 0 Å². The van der Waals surface area contributed by atoms with Gasteiger partial charge in [-0.15, -0.1) is 0 Å². The first-order valence-corrected chi connectivity index (χ1v) is 5.38. The van der Waals surface area contributed by atoms with Gasteiger partial charge in [0, 0.05) is 5.56 Å². The van der Waals surface area contributed by atoms with Crippen molar-refractivity contribution in [2.24, 2.45) is 0 Å². The standard InChI is InChI=1S/C12H14O6/c1-5-9(13)6-4-7(16-2)8(12(14)15)11(17-3)10(6)18-5/h4-5,9,13H,1-3H3,(H,14,15)/t5-,9-/m1/s1. The molecule has 2 atom stereocenters. The van der Waals surface area contributed by atoms with E-state index in [-0.39, 0.29) is 22.8 Å². The molecule has 0 unspecified atom stereocenters. The van der Waals surface area contributed by atoms with Gasteiger partial charge in [0.2, 0.25) is 0 Å². The Morgan fingerprint density at radius 3 is 2.56 bits per heavy atom. The maximum Gasteiger partial charge on any atom is 0.343 e. The van der Waals surface area contributed by atoms with E-state index >= 15 is 0 Å². The van der Waals surface area contributed by atoms with Crippen molar-refractivity contribution in [1.82, 2.24) is 0 Å². The second-order valence-electron chi connectivity index (χ2n) is 3.98. The molecule has 6 heteroatoms. The highest BCUT2D eigenvalue weighted by Crippen LogP contribution is 2.48. The molecule has 0 spiro atoms. The van der Waals surface area contributed by atoms with Crippen molar-refractivity contribution < 1.29 is 29.2 Å². The number of carbonyl (C=O) groups is 1. The lowest BCUT2D eigenvalue weighted by molar-refractivity contribution is 0.0687. The monoisotopic (exact) mass is 254 g/mol. The van der Waals surface area contributed by atoms with E-state index in [2.05, 4.69) is 0 Å². The third-order valence-corrected chi connectivity index (χ3v) is 2.93. The lowest BCUT2D eigenvalue weighted by Crippen LogP contribution is -2.12. The molecule has 2 rings (SSSR count). The molecule has 1 aliphatic heterocycles. The van der Waals surface area contributed by atoms with Crippen LogP contribution in [0.25, 0.3) is 0 Å². The predicted octanol–water partition coefficient (Wildman–Crippen LogP) is 1.22. The van der Waals surface area contributed by atoms with Gasteiger partial charge in [0.25, 0.3) is 0 Å². The average Bonchev–Trinajstić information content (AvgIpc) is 2.63. The van der Waals surface area contributed by atoms with Crippen LogP contribution in [0.5, 0.6) is 17.2 Å². The minimum atomic E-state index is -1.18. The smallest absolute Gasteiger partial charge is 0.343 e. The van der Waals surface area contributed by atoms with Crippen molar-refractivity contribution >= 4 is 5.97 Å². The molecule has 0 aliphatic carbocycles. The molecule has 2 N–H and O–H groups in total. The zero-order valence-electron chi connectivity index (χ0n) is 10.3. The number of carboxylic acids is 1. The summed E-state index contributed by atoms with van der Waals surface area (Å²) in [5.41, 5.74) is 0.362. The molecule has 98 valence electrons. The van der Waals surface area contributed by atoms with Crippen molar-refractivity contribution in [2.75, 3.05) is 14.2 Å². The third kappa shape index (κ3) is 1.65. The summed E-state index contributed by atoms with van der Waals surface area (Å²) in [4.78, 5) is 11.2. The second-order valence-corrected chi connectivity index (χ2v) is 3.98. The van der Waals surface area contributed by atoms with Crippen LogP contribution >= 0.6 is 0 Å². The molecule has 0 radical (unpaired) electrons. The zero-order chi connectivity index (χ0) is 13.4. The Balaban J connectivity index is 2.72. The van der Waals surface area contributed by atoms with Gasteiger partial charge in [-0.25, -0.2) is 4.79 Å². The van der Waals surface area contributed by atoms with Gasteiger partial charge in [-0.3, -0.25) is 0 Å². The Morgan fingerprint density at radius 1 is 1.39 bits per heavy atom. The molecule has 0 saturated heterocycles. The van der Waals surface area contributed by atoms with Crippen molar-refractivity contribution in [3.63, 3.8) is 0 Å². The van der Waals surface area contributed by atoms with E-state index in [4.69, 9.17) is 14.2 Å². The number of rotatable bonds is 3.